The molecular formula is C45H90N2O6P+. The quantitative estimate of drug-likeness (QED) is 0.0247. The third kappa shape index (κ3) is 39.2. The summed E-state index contributed by atoms with van der Waals surface area (Å²) < 4.78 is 23.4. The van der Waals surface area contributed by atoms with Crippen LogP contribution in [-0.2, 0) is 18.4 Å². The van der Waals surface area contributed by atoms with Gasteiger partial charge < -0.3 is 19.8 Å². The molecule has 1 amide bonds. The first kappa shape index (κ1) is 53.0. The van der Waals surface area contributed by atoms with Crippen LogP contribution in [-0.4, -0.2) is 73.4 Å². The Labute approximate surface area is 334 Å². The van der Waals surface area contributed by atoms with Gasteiger partial charge in [0.15, 0.2) is 0 Å². The van der Waals surface area contributed by atoms with Crippen LogP contribution in [0.4, 0.5) is 0 Å². The normalized spacial score (nSPS) is 14.6. The lowest BCUT2D eigenvalue weighted by Gasteiger charge is -2.25. The number of likely N-dealkylation sites (N-methyl/N-ethyl adjacent to an activating group) is 1. The van der Waals surface area contributed by atoms with Crippen LogP contribution < -0.4 is 5.32 Å². The third-order valence-electron chi connectivity index (χ3n) is 10.2. The maximum Gasteiger partial charge on any atom is 0.472 e. The minimum atomic E-state index is -4.33. The summed E-state index contributed by atoms with van der Waals surface area (Å²) in [5.74, 6) is -0.200. The molecule has 320 valence electrons. The highest BCUT2D eigenvalue weighted by Gasteiger charge is 2.27. The number of quaternary nitrogens is 1. The summed E-state index contributed by atoms with van der Waals surface area (Å²) in [6.07, 6.45) is 44.6. The molecule has 0 saturated heterocycles. The Morgan fingerprint density at radius 1 is 0.611 bits per heavy atom. The first-order chi connectivity index (χ1) is 26.0. The van der Waals surface area contributed by atoms with Crippen molar-refractivity contribution in [2.45, 2.75) is 219 Å². The fourth-order valence-corrected chi connectivity index (χ4v) is 7.26. The highest BCUT2D eigenvalue weighted by atomic mass is 31.2. The van der Waals surface area contributed by atoms with Crippen molar-refractivity contribution in [3.63, 3.8) is 0 Å². The minimum absolute atomic E-state index is 0.0572. The number of nitrogens with one attached hydrogen (secondary N) is 1. The summed E-state index contributed by atoms with van der Waals surface area (Å²) in [6.45, 7) is 4.70. The number of hydrogen-bond acceptors (Lipinski definition) is 5. The maximum absolute atomic E-state index is 12.6. The van der Waals surface area contributed by atoms with E-state index in [0.717, 1.165) is 51.4 Å². The van der Waals surface area contributed by atoms with Gasteiger partial charge in [-0.15, -0.1) is 0 Å². The fraction of sp³-hybridized carbons (Fsp3) is 0.889. The first-order valence-electron chi connectivity index (χ1n) is 22.7. The zero-order valence-electron chi connectivity index (χ0n) is 36.2. The monoisotopic (exact) mass is 786 g/mol. The molecule has 0 aromatic heterocycles. The molecule has 0 rings (SSSR count). The Balaban J connectivity index is 4.06. The summed E-state index contributed by atoms with van der Waals surface area (Å²) in [5, 5.41) is 13.7. The van der Waals surface area contributed by atoms with Gasteiger partial charge in [0, 0.05) is 6.42 Å². The molecule has 0 radical (unpaired) electrons. The third-order valence-corrected chi connectivity index (χ3v) is 11.2. The average Bonchev–Trinajstić information content (AvgIpc) is 3.12. The van der Waals surface area contributed by atoms with Crippen molar-refractivity contribution < 1.29 is 32.9 Å². The van der Waals surface area contributed by atoms with Crippen LogP contribution in [0.2, 0.25) is 0 Å². The summed E-state index contributed by atoms with van der Waals surface area (Å²) in [5.41, 5.74) is 0. The lowest BCUT2D eigenvalue weighted by molar-refractivity contribution is -0.870. The molecule has 0 bridgehead atoms. The summed E-state index contributed by atoms with van der Waals surface area (Å²) >= 11 is 0. The number of allylic oxidation sites excluding steroid dienone is 3. The van der Waals surface area contributed by atoms with Crippen molar-refractivity contribution in [2.24, 2.45) is 0 Å². The fourth-order valence-electron chi connectivity index (χ4n) is 6.53. The molecule has 0 saturated carbocycles. The van der Waals surface area contributed by atoms with Crippen LogP contribution in [0.1, 0.15) is 206 Å². The second kappa shape index (κ2) is 37.6. The van der Waals surface area contributed by atoms with E-state index in [9.17, 15) is 19.4 Å². The van der Waals surface area contributed by atoms with Crippen molar-refractivity contribution in [1.82, 2.24) is 5.32 Å². The standard InChI is InChI=1S/C45H89N2O6P/c1-6-8-10-12-13-14-15-16-17-18-19-20-21-22-23-24-25-26-27-28-29-30-31-32-33-35-36-38-44(48)43(46-45(49)39-37-34-11-9-7-2)42-53-54(50,51)52-41-40-47(3,4)5/h31-32,36,38,43-44,48H,6-30,33-35,37,39-42H2,1-5H3,(H-,46,49,50,51)/p+1/b32-31+,38-36+. The average molecular weight is 786 g/mol. The zero-order chi connectivity index (χ0) is 40.0. The summed E-state index contributed by atoms with van der Waals surface area (Å²) in [6, 6.07) is -0.855. The van der Waals surface area contributed by atoms with Crippen molar-refractivity contribution in [3.8, 4) is 0 Å². The Bertz CT molecular complexity index is 938. The molecule has 0 heterocycles. The van der Waals surface area contributed by atoms with Crippen LogP contribution in [0, 0.1) is 0 Å². The van der Waals surface area contributed by atoms with Gasteiger partial charge in [0.25, 0.3) is 0 Å². The van der Waals surface area contributed by atoms with Crippen LogP contribution >= 0.6 is 7.82 Å². The van der Waals surface area contributed by atoms with Gasteiger partial charge in [-0.25, -0.2) is 4.57 Å². The Hall–Kier alpha value is -1.02. The Morgan fingerprint density at radius 2 is 1.02 bits per heavy atom. The van der Waals surface area contributed by atoms with Gasteiger partial charge in [-0.05, 0) is 32.1 Å². The number of carbonyl (C=O) groups is 1. The highest BCUT2D eigenvalue weighted by Crippen LogP contribution is 2.43. The van der Waals surface area contributed by atoms with Crippen molar-refractivity contribution in [1.29, 1.82) is 0 Å². The molecule has 0 aliphatic carbocycles. The number of nitrogens with zero attached hydrogens (tertiary/aromatic N) is 1. The largest absolute Gasteiger partial charge is 0.472 e. The zero-order valence-corrected chi connectivity index (χ0v) is 37.1. The van der Waals surface area contributed by atoms with Crippen LogP contribution in [0.5, 0.6) is 0 Å². The molecule has 8 nitrogen and oxygen atoms in total. The second-order valence-corrected chi connectivity index (χ2v) is 18.2. The van der Waals surface area contributed by atoms with E-state index in [-0.39, 0.29) is 19.1 Å². The molecule has 3 unspecified atom stereocenters. The predicted octanol–water partition coefficient (Wildman–Crippen LogP) is 12.5. The topological polar surface area (TPSA) is 105 Å². The minimum Gasteiger partial charge on any atom is -0.387 e. The van der Waals surface area contributed by atoms with E-state index < -0.39 is 20.0 Å². The number of phosphoric ester groups is 1. The number of aliphatic hydroxyl groups excluding tert-OH is 1. The molecule has 54 heavy (non-hydrogen) atoms. The van der Waals surface area contributed by atoms with Gasteiger partial charge in [0.05, 0.1) is 39.9 Å². The molecular weight excluding hydrogens is 695 g/mol. The Kier molecular flexibility index (Phi) is 36.8. The predicted molar refractivity (Wildman–Crippen MR) is 231 cm³/mol. The van der Waals surface area contributed by atoms with Gasteiger partial charge in [0.2, 0.25) is 5.91 Å². The first-order valence-corrected chi connectivity index (χ1v) is 24.2. The molecule has 0 spiro atoms. The number of amides is 1. The van der Waals surface area contributed by atoms with E-state index in [1.165, 1.54) is 135 Å². The van der Waals surface area contributed by atoms with E-state index in [1.807, 2.05) is 27.2 Å². The van der Waals surface area contributed by atoms with E-state index in [0.29, 0.717) is 17.4 Å². The van der Waals surface area contributed by atoms with Crippen molar-refractivity contribution in [3.05, 3.63) is 24.3 Å². The molecule has 0 aliphatic heterocycles. The van der Waals surface area contributed by atoms with Crippen LogP contribution in [0.15, 0.2) is 24.3 Å². The van der Waals surface area contributed by atoms with E-state index in [2.05, 4.69) is 31.3 Å². The molecule has 9 heteroatoms. The molecule has 0 aromatic carbocycles. The number of carbonyl (C=O) groups excluding carboxylic acids is 1. The number of hydrogen-bond donors (Lipinski definition) is 3. The van der Waals surface area contributed by atoms with Crippen molar-refractivity contribution in [2.75, 3.05) is 40.9 Å². The number of phosphoric acid groups is 1. The molecule has 3 N–H and O–H groups in total. The van der Waals surface area contributed by atoms with E-state index in [1.54, 1.807) is 6.08 Å². The van der Waals surface area contributed by atoms with Crippen molar-refractivity contribution >= 4 is 13.7 Å². The summed E-state index contributed by atoms with van der Waals surface area (Å²) in [7, 11) is 1.56. The molecule has 0 aromatic rings. The van der Waals surface area contributed by atoms with Gasteiger partial charge in [-0.2, -0.15) is 0 Å². The second-order valence-electron chi connectivity index (χ2n) is 16.8. The lowest BCUT2D eigenvalue weighted by Crippen LogP contribution is -2.45. The van der Waals surface area contributed by atoms with Gasteiger partial charge in [0.1, 0.15) is 13.2 Å². The van der Waals surface area contributed by atoms with Crippen LogP contribution in [0.25, 0.3) is 0 Å². The van der Waals surface area contributed by atoms with E-state index >= 15 is 0 Å². The highest BCUT2D eigenvalue weighted by molar-refractivity contribution is 7.47. The molecule has 0 aliphatic rings. The van der Waals surface area contributed by atoms with Gasteiger partial charge in [-0.3, -0.25) is 13.8 Å². The number of aliphatic hydroxyl groups is 1. The number of rotatable bonds is 41. The SMILES string of the molecule is CCCCCCCCCCCCCCCCCCCCCCC/C=C/CC/C=C/C(O)C(COP(=O)(O)OCC[N+](C)(C)C)NC(=O)CCCCCCC. The smallest absolute Gasteiger partial charge is 0.387 e. The van der Waals surface area contributed by atoms with Gasteiger partial charge >= 0.3 is 7.82 Å². The number of unbranched alkanes of at least 4 members (excludes halogenated alkanes) is 26. The molecule has 0 fully saturated rings. The maximum atomic E-state index is 12.6. The van der Waals surface area contributed by atoms with Crippen LogP contribution in [0.3, 0.4) is 0 Å². The molecule has 3 atom stereocenters. The summed E-state index contributed by atoms with van der Waals surface area (Å²) in [4.78, 5) is 22.8. The Morgan fingerprint density at radius 3 is 1.48 bits per heavy atom. The van der Waals surface area contributed by atoms with Gasteiger partial charge in [-0.1, -0.05) is 192 Å². The van der Waals surface area contributed by atoms with E-state index in [4.69, 9.17) is 9.05 Å². The lowest BCUT2D eigenvalue weighted by atomic mass is 10.0.